The molecule has 0 bridgehead atoms. The number of hydrogen-bond acceptors (Lipinski definition) is 4. The fourth-order valence-corrected chi connectivity index (χ4v) is 3.18. The van der Waals surface area contributed by atoms with Crippen LogP contribution in [-0.2, 0) is 0 Å². The summed E-state index contributed by atoms with van der Waals surface area (Å²) in [4.78, 5) is 7.03. The third-order valence-corrected chi connectivity index (χ3v) is 4.57. The molecule has 0 radical (unpaired) electrons. The third kappa shape index (κ3) is 9.43. The van der Waals surface area contributed by atoms with Gasteiger partial charge in [0.1, 0.15) is 5.75 Å². The van der Waals surface area contributed by atoms with Gasteiger partial charge in [-0.1, -0.05) is 18.6 Å². The molecule has 0 spiro atoms. The van der Waals surface area contributed by atoms with Crippen LogP contribution in [0.3, 0.4) is 0 Å². The number of halogens is 1. The van der Waals surface area contributed by atoms with Crippen molar-refractivity contribution in [2.75, 3.05) is 39.3 Å². The Morgan fingerprint density at radius 2 is 1.82 bits per heavy atom. The standard InChI is InChI=1S/C21H36N4O2.HI/c1-4-22-21(23-12-15-25-13-6-5-7-14-25)24-16-20(26)18-8-10-19(11-9-18)27-17(2)3;/h8-11,17,20,26H,4-7,12-16H2,1-3H3,(H2,22,23,24);1H. The number of ether oxygens (including phenoxy) is 1. The summed E-state index contributed by atoms with van der Waals surface area (Å²) in [6.45, 7) is 11.5. The van der Waals surface area contributed by atoms with E-state index in [1.54, 1.807) is 0 Å². The van der Waals surface area contributed by atoms with Crippen molar-refractivity contribution >= 4 is 29.9 Å². The minimum Gasteiger partial charge on any atom is -0.491 e. The number of nitrogens with zero attached hydrogens (tertiary/aromatic N) is 2. The Morgan fingerprint density at radius 1 is 1.14 bits per heavy atom. The van der Waals surface area contributed by atoms with Gasteiger partial charge < -0.3 is 25.4 Å². The lowest BCUT2D eigenvalue weighted by Crippen LogP contribution is -2.42. The maximum absolute atomic E-state index is 10.4. The van der Waals surface area contributed by atoms with Crippen molar-refractivity contribution in [3.05, 3.63) is 29.8 Å². The summed E-state index contributed by atoms with van der Waals surface area (Å²) in [7, 11) is 0. The van der Waals surface area contributed by atoms with E-state index in [9.17, 15) is 5.11 Å². The second-order valence-corrected chi connectivity index (χ2v) is 7.30. The Labute approximate surface area is 187 Å². The molecule has 3 N–H and O–H groups in total. The van der Waals surface area contributed by atoms with Crippen molar-refractivity contribution in [2.45, 2.75) is 52.2 Å². The number of aliphatic imine (C=N–C) groups is 1. The number of nitrogens with one attached hydrogen (secondary N) is 2. The third-order valence-electron chi connectivity index (χ3n) is 4.57. The molecule has 1 aromatic rings. The second kappa shape index (κ2) is 14.0. The molecule has 7 heteroatoms. The number of hydrogen-bond donors (Lipinski definition) is 3. The van der Waals surface area contributed by atoms with Crippen LogP contribution in [-0.4, -0.2) is 61.3 Å². The zero-order chi connectivity index (χ0) is 19.5. The number of rotatable bonds is 9. The Bertz CT molecular complexity index is 560. The average molecular weight is 504 g/mol. The molecule has 1 heterocycles. The van der Waals surface area contributed by atoms with Gasteiger partial charge in [0.2, 0.25) is 0 Å². The molecule has 0 aromatic heterocycles. The van der Waals surface area contributed by atoms with Gasteiger partial charge in [-0.3, -0.25) is 4.99 Å². The number of likely N-dealkylation sites (tertiary alicyclic amines) is 1. The zero-order valence-electron chi connectivity index (χ0n) is 17.5. The second-order valence-electron chi connectivity index (χ2n) is 7.30. The quantitative estimate of drug-likeness (QED) is 0.274. The molecular formula is C21H37IN4O2. The normalized spacial score (nSPS) is 16.4. The summed E-state index contributed by atoms with van der Waals surface area (Å²) in [5.41, 5.74) is 0.846. The molecule has 0 aliphatic carbocycles. The maximum atomic E-state index is 10.4. The Hall–Kier alpha value is -1.06. The number of piperidine rings is 1. The predicted octanol–water partition coefficient (Wildman–Crippen LogP) is 3.17. The number of benzene rings is 1. The zero-order valence-corrected chi connectivity index (χ0v) is 19.8. The average Bonchev–Trinajstić information content (AvgIpc) is 2.67. The summed E-state index contributed by atoms with van der Waals surface area (Å²) in [6, 6.07) is 7.58. The van der Waals surface area contributed by atoms with Gasteiger partial charge in [0, 0.05) is 19.6 Å². The van der Waals surface area contributed by atoms with E-state index in [0.29, 0.717) is 6.54 Å². The highest BCUT2D eigenvalue weighted by molar-refractivity contribution is 14.0. The van der Waals surface area contributed by atoms with Crippen molar-refractivity contribution in [3.8, 4) is 5.75 Å². The van der Waals surface area contributed by atoms with E-state index in [1.807, 2.05) is 45.0 Å². The largest absolute Gasteiger partial charge is 0.491 e. The van der Waals surface area contributed by atoms with Gasteiger partial charge in [0.15, 0.2) is 5.96 Å². The predicted molar refractivity (Wildman–Crippen MR) is 127 cm³/mol. The first-order valence-electron chi connectivity index (χ1n) is 10.3. The molecule has 6 nitrogen and oxygen atoms in total. The summed E-state index contributed by atoms with van der Waals surface area (Å²) >= 11 is 0. The molecule has 1 atom stereocenters. The lowest BCUT2D eigenvalue weighted by Gasteiger charge is -2.26. The first-order valence-corrected chi connectivity index (χ1v) is 10.3. The molecule has 1 saturated heterocycles. The molecule has 2 rings (SSSR count). The minimum atomic E-state index is -0.629. The molecule has 1 aromatic carbocycles. The van der Waals surface area contributed by atoms with E-state index in [-0.39, 0.29) is 30.1 Å². The molecule has 1 fully saturated rings. The van der Waals surface area contributed by atoms with Crippen molar-refractivity contribution in [1.82, 2.24) is 15.5 Å². The number of guanidine groups is 1. The number of aliphatic hydroxyl groups excluding tert-OH is 1. The van der Waals surface area contributed by atoms with Gasteiger partial charge in [-0.25, -0.2) is 0 Å². The highest BCUT2D eigenvalue weighted by Crippen LogP contribution is 2.19. The van der Waals surface area contributed by atoms with Crippen LogP contribution in [0.1, 0.15) is 51.7 Å². The Morgan fingerprint density at radius 3 is 2.43 bits per heavy atom. The summed E-state index contributed by atoms with van der Waals surface area (Å²) in [5.74, 6) is 1.57. The first kappa shape index (κ1) is 25.0. The molecule has 1 unspecified atom stereocenters. The van der Waals surface area contributed by atoms with Gasteiger partial charge in [0.05, 0.1) is 18.8 Å². The molecule has 28 heavy (non-hydrogen) atoms. The van der Waals surface area contributed by atoms with E-state index in [0.717, 1.165) is 36.9 Å². The van der Waals surface area contributed by atoms with Crippen LogP contribution >= 0.6 is 24.0 Å². The van der Waals surface area contributed by atoms with Crippen LogP contribution in [0.4, 0.5) is 0 Å². The van der Waals surface area contributed by atoms with Crippen molar-refractivity contribution in [1.29, 1.82) is 0 Å². The highest BCUT2D eigenvalue weighted by Gasteiger charge is 2.11. The van der Waals surface area contributed by atoms with Crippen LogP contribution in [0.5, 0.6) is 5.75 Å². The maximum Gasteiger partial charge on any atom is 0.191 e. The monoisotopic (exact) mass is 504 g/mol. The molecule has 1 aliphatic heterocycles. The topological polar surface area (TPSA) is 69.1 Å². The molecule has 0 amide bonds. The smallest absolute Gasteiger partial charge is 0.191 e. The minimum absolute atomic E-state index is 0. The van der Waals surface area contributed by atoms with E-state index in [4.69, 9.17) is 4.74 Å². The van der Waals surface area contributed by atoms with Crippen molar-refractivity contribution in [2.24, 2.45) is 4.99 Å². The first-order chi connectivity index (χ1) is 13.1. The van der Waals surface area contributed by atoms with Gasteiger partial charge in [-0.2, -0.15) is 0 Å². The molecule has 160 valence electrons. The molecular weight excluding hydrogens is 467 g/mol. The van der Waals surface area contributed by atoms with Crippen molar-refractivity contribution < 1.29 is 9.84 Å². The van der Waals surface area contributed by atoms with E-state index in [1.165, 1.54) is 32.4 Å². The van der Waals surface area contributed by atoms with E-state index >= 15 is 0 Å². The lowest BCUT2D eigenvalue weighted by atomic mass is 10.1. The molecule has 0 saturated carbocycles. The summed E-state index contributed by atoms with van der Waals surface area (Å²) in [5, 5.41) is 17.0. The van der Waals surface area contributed by atoms with Crippen LogP contribution in [0, 0.1) is 0 Å². The van der Waals surface area contributed by atoms with Gasteiger partial charge in [-0.15, -0.1) is 24.0 Å². The summed E-state index contributed by atoms with van der Waals surface area (Å²) in [6.07, 6.45) is 3.49. The number of aliphatic hydroxyl groups is 1. The fourth-order valence-electron chi connectivity index (χ4n) is 3.18. The van der Waals surface area contributed by atoms with E-state index in [2.05, 4.69) is 20.5 Å². The molecule has 1 aliphatic rings. The van der Waals surface area contributed by atoms with Crippen LogP contribution < -0.4 is 15.4 Å². The van der Waals surface area contributed by atoms with Crippen LogP contribution in [0.2, 0.25) is 0 Å². The van der Waals surface area contributed by atoms with Gasteiger partial charge in [-0.05, 0) is 64.4 Å². The van der Waals surface area contributed by atoms with Crippen LogP contribution in [0.25, 0.3) is 0 Å². The highest BCUT2D eigenvalue weighted by atomic mass is 127. The van der Waals surface area contributed by atoms with Gasteiger partial charge in [0.25, 0.3) is 0 Å². The van der Waals surface area contributed by atoms with Crippen molar-refractivity contribution in [3.63, 3.8) is 0 Å². The van der Waals surface area contributed by atoms with E-state index < -0.39 is 6.10 Å². The lowest BCUT2D eigenvalue weighted by molar-refractivity contribution is 0.186. The Balaban J connectivity index is 0.00000392. The van der Waals surface area contributed by atoms with Crippen LogP contribution in [0.15, 0.2) is 29.3 Å². The fraction of sp³-hybridized carbons (Fsp3) is 0.667. The summed E-state index contributed by atoms with van der Waals surface area (Å²) < 4.78 is 5.64. The Kier molecular flexibility index (Phi) is 12.5. The SMILES string of the molecule is CCNC(=NCC(O)c1ccc(OC(C)C)cc1)NCCN1CCCCC1.I. The van der Waals surface area contributed by atoms with Gasteiger partial charge >= 0.3 is 0 Å².